The first kappa shape index (κ1) is 10.9. The molecule has 1 aliphatic heterocycles. The topological polar surface area (TPSA) is 49.2 Å². The molecule has 13 heavy (non-hydrogen) atoms. The van der Waals surface area contributed by atoms with Crippen molar-refractivity contribution >= 4 is 21.6 Å². The van der Waals surface area contributed by atoms with Gasteiger partial charge in [0.25, 0.3) is 0 Å². The van der Waals surface area contributed by atoms with Crippen molar-refractivity contribution in [3.63, 3.8) is 0 Å². The molecule has 0 aliphatic carbocycles. The number of rotatable bonds is 1. The molecule has 1 radical (unpaired) electrons. The molecule has 0 aromatic carbocycles. The van der Waals surface area contributed by atoms with Crippen LogP contribution in [0.3, 0.4) is 0 Å². The zero-order valence-corrected chi connectivity index (χ0v) is 9.88. The van der Waals surface area contributed by atoms with Gasteiger partial charge in [0.1, 0.15) is 5.54 Å². The van der Waals surface area contributed by atoms with Crippen LogP contribution in [-0.2, 0) is 5.21 Å². The number of hydrogen-bond donors (Lipinski definition) is 0. The summed E-state index contributed by atoms with van der Waals surface area (Å²) in [4.78, 5) is 0. The number of nitrogens with zero attached hydrogens (tertiary/aromatic N) is 2. The second-order valence-electron chi connectivity index (χ2n) is 4.22. The summed E-state index contributed by atoms with van der Waals surface area (Å²) in [7, 11) is 0. The van der Waals surface area contributed by atoms with E-state index >= 15 is 0 Å². The van der Waals surface area contributed by atoms with Crippen molar-refractivity contribution in [2.45, 2.75) is 38.9 Å². The quantitative estimate of drug-likeness (QED) is 0.402. The molecule has 0 aromatic heterocycles. The first-order valence-corrected chi connectivity index (χ1v) is 5.25. The van der Waals surface area contributed by atoms with Crippen molar-refractivity contribution in [1.82, 2.24) is 5.06 Å². The molecule has 0 saturated heterocycles. The van der Waals surface area contributed by atoms with Crippen LogP contribution in [0.15, 0.2) is 0 Å². The molecular formula is C8H14BrN2O2. The van der Waals surface area contributed by atoms with Crippen LogP contribution in [0.25, 0.3) is 0 Å². The van der Waals surface area contributed by atoms with Gasteiger partial charge in [-0.05, 0) is 13.8 Å². The van der Waals surface area contributed by atoms with E-state index in [9.17, 15) is 10.4 Å². The lowest BCUT2D eigenvalue weighted by Crippen LogP contribution is -2.50. The first-order valence-electron chi connectivity index (χ1n) is 4.13. The predicted molar refractivity (Wildman–Crippen MR) is 53.1 cm³/mol. The number of hydroxylamine groups is 3. The number of halogens is 1. The van der Waals surface area contributed by atoms with E-state index in [2.05, 4.69) is 15.9 Å². The van der Waals surface area contributed by atoms with E-state index in [1.165, 1.54) is 0 Å². The minimum absolute atomic E-state index is 0.436. The van der Waals surface area contributed by atoms with Crippen LogP contribution in [0.4, 0.5) is 0 Å². The smallest absolute Gasteiger partial charge is 0.248 e. The van der Waals surface area contributed by atoms with Crippen LogP contribution in [0.1, 0.15) is 27.7 Å². The van der Waals surface area contributed by atoms with Crippen molar-refractivity contribution in [2.24, 2.45) is 0 Å². The zero-order chi connectivity index (χ0) is 10.4. The summed E-state index contributed by atoms with van der Waals surface area (Å²) in [5.41, 5.74) is -1.13. The Morgan fingerprint density at radius 2 is 1.92 bits per heavy atom. The first-order chi connectivity index (χ1) is 5.76. The molecule has 0 N–H and O–H groups in total. The lowest BCUT2D eigenvalue weighted by Gasteiger charge is -2.27. The normalized spacial score (nSPS) is 26.9. The van der Waals surface area contributed by atoms with Crippen molar-refractivity contribution in [1.29, 1.82) is 0 Å². The molecule has 0 bridgehead atoms. The zero-order valence-electron chi connectivity index (χ0n) is 8.30. The SMILES string of the molecule is CC1(C)C(CBr)=[N+]([O-])C(C)(C)N1[O]. The number of hydrogen-bond acceptors (Lipinski definition) is 2. The Labute approximate surface area is 86.5 Å². The largest absolute Gasteiger partial charge is 0.622 e. The third-order valence-electron chi connectivity index (χ3n) is 2.58. The summed E-state index contributed by atoms with van der Waals surface area (Å²) in [6.07, 6.45) is 0. The summed E-state index contributed by atoms with van der Waals surface area (Å²) in [6, 6.07) is 0. The Morgan fingerprint density at radius 3 is 2.08 bits per heavy atom. The van der Waals surface area contributed by atoms with Gasteiger partial charge in [-0.1, -0.05) is 21.0 Å². The molecule has 0 aromatic rings. The van der Waals surface area contributed by atoms with Crippen molar-refractivity contribution in [3.05, 3.63) is 5.21 Å². The molecule has 75 valence electrons. The summed E-state index contributed by atoms with van der Waals surface area (Å²) < 4.78 is 0.800. The van der Waals surface area contributed by atoms with Crippen LogP contribution in [0.5, 0.6) is 0 Å². The van der Waals surface area contributed by atoms with Crippen LogP contribution >= 0.6 is 15.9 Å². The minimum atomic E-state index is -0.993. The van der Waals surface area contributed by atoms with Crippen molar-refractivity contribution in [3.8, 4) is 0 Å². The summed E-state index contributed by atoms with van der Waals surface area (Å²) >= 11 is 3.23. The third-order valence-corrected chi connectivity index (χ3v) is 3.11. The summed E-state index contributed by atoms with van der Waals surface area (Å²) in [6.45, 7) is 6.78. The van der Waals surface area contributed by atoms with E-state index < -0.39 is 11.2 Å². The van der Waals surface area contributed by atoms with Crippen LogP contribution in [-0.4, -0.2) is 32.0 Å². The van der Waals surface area contributed by atoms with E-state index in [1.54, 1.807) is 27.7 Å². The predicted octanol–water partition coefficient (Wildman–Crippen LogP) is 1.51. The Hall–Kier alpha value is -0.130. The van der Waals surface area contributed by atoms with E-state index in [-0.39, 0.29) is 0 Å². The molecule has 4 nitrogen and oxygen atoms in total. The summed E-state index contributed by atoms with van der Waals surface area (Å²) in [5, 5.41) is 24.7. The Bertz CT molecular complexity index is 261. The van der Waals surface area contributed by atoms with Gasteiger partial charge in [0.05, 0.1) is 5.33 Å². The molecule has 5 heteroatoms. The van der Waals surface area contributed by atoms with Crippen LogP contribution in [0, 0.1) is 5.21 Å². The van der Waals surface area contributed by atoms with Crippen LogP contribution < -0.4 is 0 Å². The lowest BCUT2D eigenvalue weighted by atomic mass is 10.0. The standard InChI is InChI=1S/C8H14BrN2O2/c1-7(2)6(5-9)10(12)8(3,4)11(7)13/h5H2,1-4H3. The fraction of sp³-hybridized carbons (Fsp3) is 0.875. The van der Waals surface area contributed by atoms with Gasteiger partial charge in [0, 0.05) is 13.8 Å². The van der Waals surface area contributed by atoms with E-state index in [0.29, 0.717) is 11.0 Å². The van der Waals surface area contributed by atoms with Gasteiger partial charge in [-0.2, -0.15) is 4.74 Å². The highest BCUT2D eigenvalue weighted by Crippen LogP contribution is 2.32. The van der Waals surface area contributed by atoms with Gasteiger partial charge in [-0.15, -0.1) is 5.21 Å². The van der Waals surface area contributed by atoms with Gasteiger partial charge in [0.2, 0.25) is 5.66 Å². The van der Waals surface area contributed by atoms with E-state index in [4.69, 9.17) is 0 Å². The Kier molecular flexibility index (Phi) is 2.47. The molecule has 0 fully saturated rings. The lowest BCUT2D eigenvalue weighted by molar-refractivity contribution is -0.587. The fourth-order valence-electron chi connectivity index (χ4n) is 1.68. The minimum Gasteiger partial charge on any atom is -0.622 e. The van der Waals surface area contributed by atoms with Crippen molar-refractivity contribution < 1.29 is 9.95 Å². The average Bonchev–Trinajstić information content (AvgIpc) is 2.12. The second kappa shape index (κ2) is 2.93. The van der Waals surface area contributed by atoms with Gasteiger partial charge in [-0.3, -0.25) is 0 Å². The monoisotopic (exact) mass is 249 g/mol. The molecule has 0 unspecified atom stereocenters. The molecule has 1 heterocycles. The summed E-state index contributed by atoms with van der Waals surface area (Å²) in [5.74, 6) is 0. The molecule has 0 saturated carbocycles. The second-order valence-corrected chi connectivity index (χ2v) is 4.78. The Balaban J connectivity index is 3.23. The molecule has 0 spiro atoms. The average molecular weight is 250 g/mol. The maximum atomic E-state index is 11.8. The highest BCUT2D eigenvalue weighted by molar-refractivity contribution is 9.09. The van der Waals surface area contributed by atoms with Gasteiger partial charge >= 0.3 is 0 Å². The maximum absolute atomic E-state index is 11.8. The van der Waals surface area contributed by atoms with Gasteiger partial charge in [-0.25, -0.2) is 0 Å². The number of alkyl halides is 1. The highest BCUT2D eigenvalue weighted by atomic mass is 79.9. The molecule has 0 amide bonds. The highest BCUT2D eigenvalue weighted by Gasteiger charge is 2.56. The Morgan fingerprint density at radius 1 is 1.46 bits per heavy atom. The van der Waals surface area contributed by atoms with Crippen molar-refractivity contribution in [2.75, 3.05) is 5.33 Å². The van der Waals surface area contributed by atoms with E-state index in [1.807, 2.05) is 0 Å². The third kappa shape index (κ3) is 1.30. The molecule has 0 atom stereocenters. The maximum Gasteiger partial charge on any atom is 0.248 e. The fourth-order valence-corrected chi connectivity index (χ4v) is 2.59. The van der Waals surface area contributed by atoms with Crippen LogP contribution in [0.2, 0.25) is 0 Å². The van der Waals surface area contributed by atoms with Gasteiger partial charge < -0.3 is 5.21 Å². The molecular weight excluding hydrogens is 236 g/mol. The van der Waals surface area contributed by atoms with E-state index in [0.717, 1.165) is 9.80 Å². The van der Waals surface area contributed by atoms with Gasteiger partial charge in [0.15, 0.2) is 5.71 Å². The molecule has 1 rings (SSSR count). The molecule has 1 aliphatic rings.